The van der Waals surface area contributed by atoms with Crippen LogP contribution in [0.4, 0.5) is 10.5 Å². The molecule has 1 saturated heterocycles. The molecule has 29 heavy (non-hydrogen) atoms. The number of carbonyl (C=O) groups is 2. The van der Waals surface area contributed by atoms with Crippen molar-refractivity contribution in [2.45, 2.75) is 70.6 Å². The van der Waals surface area contributed by atoms with Gasteiger partial charge in [-0.25, -0.2) is 4.79 Å². The Kier molecular flexibility index (Phi) is 4.75. The molecule has 0 spiro atoms. The van der Waals surface area contributed by atoms with Crippen LogP contribution < -0.4 is 0 Å². The number of hydrogen-bond acceptors (Lipinski definition) is 5. The predicted octanol–water partition coefficient (Wildman–Crippen LogP) is 3.83. The summed E-state index contributed by atoms with van der Waals surface area (Å²) in [7, 11) is 0. The van der Waals surface area contributed by atoms with Crippen LogP contribution in [0.5, 0.6) is 0 Å². The molecule has 0 unspecified atom stereocenters. The van der Waals surface area contributed by atoms with Gasteiger partial charge < -0.3 is 14.5 Å². The van der Waals surface area contributed by atoms with Crippen molar-refractivity contribution in [1.82, 2.24) is 9.80 Å². The molecule has 2 heterocycles. The highest BCUT2D eigenvalue weighted by Gasteiger charge is 2.39. The highest BCUT2D eigenvalue weighted by atomic mass is 16.6. The van der Waals surface area contributed by atoms with E-state index in [2.05, 4.69) is 0 Å². The smallest absolute Gasteiger partial charge is 0.410 e. The van der Waals surface area contributed by atoms with E-state index in [4.69, 9.17) is 4.74 Å². The summed E-state index contributed by atoms with van der Waals surface area (Å²) in [5.74, 6) is 0.159. The number of rotatable bonds is 3. The van der Waals surface area contributed by atoms with E-state index in [-0.39, 0.29) is 34.6 Å². The largest absolute Gasteiger partial charge is 0.444 e. The number of nitro benzene ring substituents is 1. The summed E-state index contributed by atoms with van der Waals surface area (Å²) >= 11 is 0. The van der Waals surface area contributed by atoms with E-state index in [9.17, 15) is 19.7 Å². The fraction of sp³-hybridized carbons (Fsp3) is 0.619. The average Bonchev–Trinajstić information content (AvgIpc) is 3.44. The summed E-state index contributed by atoms with van der Waals surface area (Å²) in [6.45, 7) is 6.99. The number of amides is 2. The van der Waals surface area contributed by atoms with Crippen molar-refractivity contribution in [3.63, 3.8) is 0 Å². The fourth-order valence-electron chi connectivity index (χ4n) is 4.25. The van der Waals surface area contributed by atoms with Gasteiger partial charge in [0.05, 0.1) is 4.92 Å². The second-order valence-electron chi connectivity index (χ2n) is 9.23. The van der Waals surface area contributed by atoms with Gasteiger partial charge in [0.1, 0.15) is 5.60 Å². The van der Waals surface area contributed by atoms with Crippen LogP contribution in [-0.4, -0.2) is 51.5 Å². The summed E-state index contributed by atoms with van der Waals surface area (Å²) in [6.07, 6.45) is 2.92. The summed E-state index contributed by atoms with van der Waals surface area (Å²) in [6, 6.07) is 3.37. The molecule has 156 valence electrons. The Hall–Kier alpha value is -2.64. The van der Waals surface area contributed by atoms with E-state index >= 15 is 0 Å². The third-order valence-corrected chi connectivity index (χ3v) is 5.86. The monoisotopic (exact) mass is 401 g/mol. The van der Waals surface area contributed by atoms with E-state index in [1.54, 1.807) is 17.0 Å². The van der Waals surface area contributed by atoms with Gasteiger partial charge in [-0.2, -0.15) is 0 Å². The van der Waals surface area contributed by atoms with Crippen LogP contribution >= 0.6 is 0 Å². The Morgan fingerprint density at radius 2 is 1.83 bits per heavy atom. The van der Waals surface area contributed by atoms with Crippen LogP contribution in [0.2, 0.25) is 0 Å². The number of nitrogens with zero attached hydrogens (tertiary/aromatic N) is 3. The van der Waals surface area contributed by atoms with E-state index in [0.717, 1.165) is 18.4 Å². The lowest BCUT2D eigenvalue weighted by molar-refractivity contribution is -0.385. The molecule has 1 aliphatic carbocycles. The van der Waals surface area contributed by atoms with Gasteiger partial charge in [0, 0.05) is 42.9 Å². The SMILES string of the molecule is CC(C)(C)OC(=O)N1CCC(N2Cc3cc([N+](=O)[O-])c(C4CC4)cc3C2=O)CC1. The third-order valence-electron chi connectivity index (χ3n) is 5.86. The number of fused-ring (bicyclic) bond motifs is 1. The van der Waals surface area contributed by atoms with Gasteiger partial charge in [0.15, 0.2) is 0 Å². The maximum atomic E-state index is 13.0. The average molecular weight is 401 g/mol. The molecule has 1 saturated carbocycles. The predicted molar refractivity (Wildman–Crippen MR) is 106 cm³/mol. The van der Waals surface area contributed by atoms with Crippen LogP contribution in [0.3, 0.4) is 0 Å². The van der Waals surface area contributed by atoms with Crippen molar-refractivity contribution < 1.29 is 19.2 Å². The number of nitro groups is 1. The first-order valence-electron chi connectivity index (χ1n) is 10.2. The molecule has 0 atom stereocenters. The van der Waals surface area contributed by atoms with Crippen molar-refractivity contribution in [1.29, 1.82) is 0 Å². The van der Waals surface area contributed by atoms with E-state index in [1.807, 2.05) is 25.7 Å². The molecular formula is C21H27N3O5. The van der Waals surface area contributed by atoms with Crippen LogP contribution in [0.1, 0.15) is 73.9 Å². The van der Waals surface area contributed by atoms with Gasteiger partial charge in [-0.05, 0) is 64.0 Å². The topological polar surface area (TPSA) is 93.0 Å². The van der Waals surface area contributed by atoms with Gasteiger partial charge in [-0.15, -0.1) is 0 Å². The first-order valence-corrected chi connectivity index (χ1v) is 10.2. The molecule has 2 aliphatic heterocycles. The van der Waals surface area contributed by atoms with E-state index in [1.165, 1.54) is 0 Å². The summed E-state index contributed by atoms with van der Waals surface area (Å²) in [5.41, 5.74) is 1.64. The molecule has 0 N–H and O–H groups in total. The highest BCUT2D eigenvalue weighted by Crippen LogP contribution is 2.46. The summed E-state index contributed by atoms with van der Waals surface area (Å²) < 4.78 is 5.43. The van der Waals surface area contributed by atoms with Gasteiger partial charge in [0.2, 0.25) is 0 Å². The summed E-state index contributed by atoms with van der Waals surface area (Å²) in [5, 5.41) is 11.5. The van der Waals surface area contributed by atoms with Gasteiger partial charge in [-0.3, -0.25) is 14.9 Å². The van der Waals surface area contributed by atoms with Gasteiger partial charge >= 0.3 is 6.09 Å². The van der Waals surface area contributed by atoms with Gasteiger partial charge in [0.25, 0.3) is 11.6 Å². The lowest BCUT2D eigenvalue weighted by atomic mass is 10.0. The standard InChI is InChI=1S/C21H27N3O5/c1-21(2,3)29-20(26)22-8-6-15(7-9-22)23-12-14-10-18(24(27)28)16(13-4-5-13)11-17(14)19(23)25/h10-11,13,15H,4-9,12H2,1-3H3. The first-order chi connectivity index (χ1) is 13.6. The minimum atomic E-state index is -0.533. The number of hydrogen-bond donors (Lipinski definition) is 0. The van der Waals surface area contributed by atoms with Crippen LogP contribution in [0.25, 0.3) is 0 Å². The van der Waals surface area contributed by atoms with Crippen molar-refractivity contribution >= 4 is 17.7 Å². The third kappa shape index (κ3) is 3.93. The Bertz CT molecular complexity index is 864. The molecule has 8 nitrogen and oxygen atoms in total. The zero-order chi connectivity index (χ0) is 20.9. The number of likely N-dealkylation sites (tertiary alicyclic amines) is 1. The minimum absolute atomic E-state index is 0.0250. The molecule has 1 aromatic carbocycles. The quantitative estimate of drug-likeness (QED) is 0.567. The number of ether oxygens (including phenoxy) is 1. The minimum Gasteiger partial charge on any atom is -0.444 e. The number of carbonyl (C=O) groups excluding carboxylic acids is 2. The first kappa shape index (κ1) is 19.7. The molecule has 0 aromatic heterocycles. The molecular weight excluding hydrogens is 374 g/mol. The number of benzene rings is 1. The highest BCUT2D eigenvalue weighted by molar-refractivity contribution is 5.99. The second-order valence-corrected chi connectivity index (χ2v) is 9.23. The van der Waals surface area contributed by atoms with E-state index in [0.29, 0.717) is 43.6 Å². The normalized spacial score (nSPS) is 20.0. The van der Waals surface area contributed by atoms with Crippen LogP contribution in [0.15, 0.2) is 12.1 Å². The molecule has 0 radical (unpaired) electrons. The molecule has 1 aromatic rings. The Balaban J connectivity index is 1.45. The molecule has 3 aliphatic rings. The maximum Gasteiger partial charge on any atom is 0.410 e. The molecule has 0 bridgehead atoms. The van der Waals surface area contributed by atoms with Crippen molar-refractivity contribution in [3.05, 3.63) is 38.9 Å². The molecule has 2 fully saturated rings. The summed E-state index contributed by atoms with van der Waals surface area (Å²) in [4.78, 5) is 39.9. The van der Waals surface area contributed by atoms with Crippen molar-refractivity contribution in [2.24, 2.45) is 0 Å². The van der Waals surface area contributed by atoms with E-state index < -0.39 is 5.60 Å². The maximum absolute atomic E-state index is 13.0. The molecule has 8 heteroatoms. The lowest BCUT2D eigenvalue weighted by Crippen LogP contribution is -2.48. The van der Waals surface area contributed by atoms with Crippen molar-refractivity contribution in [3.8, 4) is 0 Å². The zero-order valence-corrected chi connectivity index (χ0v) is 17.1. The second kappa shape index (κ2) is 7.00. The Morgan fingerprint density at radius 3 is 2.38 bits per heavy atom. The zero-order valence-electron chi connectivity index (χ0n) is 17.1. The molecule has 2 amide bonds. The molecule has 4 rings (SSSR count). The number of piperidine rings is 1. The van der Waals surface area contributed by atoms with Crippen molar-refractivity contribution in [2.75, 3.05) is 13.1 Å². The van der Waals surface area contributed by atoms with Gasteiger partial charge in [-0.1, -0.05) is 0 Å². The van der Waals surface area contributed by atoms with Crippen LogP contribution in [-0.2, 0) is 11.3 Å². The lowest BCUT2D eigenvalue weighted by Gasteiger charge is -2.37. The van der Waals surface area contributed by atoms with Crippen LogP contribution in [0, 0.1) is 10.1 Å². The Morgan fingerprint density at radius 1 is 1.17 bits per heavy atom. The Labute approximate surface area is 169 Å². The fourth-order valence-corrected chi connectivity index (χ4v) is 4.25.